The molecule has 1 saturated carbocycles. The third-order valence-corrected chi connectivity index (χ3v) is 5.75. The van der Waals surface area contributed by atoms with Crippen LogP contribution >= 0.6 is 0 Å². The van der Waals surface area contributed by atoms with E-state index in [0.29, 0.717) is 11.9 Å². The highest BCUT2D eigenvalue weighted by molar-refractivity contribution is 6.02. The van der Waals surface area contributed by atoms with E-state index in [1.807, 2.05) is 0 Å². The van der Waals surface area contributed by atoms with Crippen molar-refractivity contribution in [3.63, 3.8) is 0 Å². The molecule has 3 rings (SSSR count). The van der Waals surface area contributed by atoms with E-state index >= 15 is 0 Å². The van der Waals surface area contributed by atoms with Gasteiger partial charge in [0.15, 0.2) is 5.92 Å². The van der Waals surface area contributed by atoms with E-state index in [4.69, 9.17) is 4.99 Å². The second-order valence-electron chi connectivity index (χ2n) is 7.19. The summed E-state index contributed by atoms with van der Waals surface area (Å²) in [7, 11) is 0. The van der Waals surface area contributed by atoms with Gasteiger partial charge in [0.25, 0.3) is 0 Å². The van der Waals surface area contributed by atoms with Gasteiger partial charge in [0, 0.05) is 26.2 Å². The molecule has 23 heavy (non-hydrogen) atoms. The van der Waals surface area contributed by atoms with Gasteiger partial charge < -0.3 is 9.80 Å². The number of piperazine rings is 1. The summed E-state index contributed by atoms with van der Waals surface area (Å²) in [5, 5.41) is 12.4. The van der Waals surface area contributed by atoms with E-state index in [1.54, 1.807) is 0 Å². The Balaban J connectivity index is 1.82. The Morgan fingerprint density at radius 3 is 2.52 bits per heavy atom. The van der Waals surface area contributed by atoms with E-state index in [2.05, 4.69) is 35.0 Å². The molecule has 6 heteroatoms. The lowest BCUT2D eigenvalue weighted by Crippen LogP contribution is -2.60. The SMILES string of the molecule is CCN1CCN(C2=NC3(CCC(C)CC3)C(C#N)C(=O)N2)CC1. The van der Waals surface area contributed by atoms with Gasteiger partial charge >= 0.3 is 0 Å². The van der Waals surface area contributed by atoms with Crippen molar-refractivity contribution in [3.05, 3.63) is 0 Å². The lowest BCUT2D eigenvalue weighted by molar-refractivity contribution is -0.125. The number of aliphatic imine (C=N–C) groups is 1. The second kappa shape index (κ2) is 6.48. The molecule has 1 unspecified atom stereocenters. The van der Waals surface area contributed by atoms with Gasteiger partial charge in [-0.05, 0) is 38.1 Å². The first-order chi connectivity index (χ1) is 11.1. The Morgan fingerprint density at radius 2 is 1.96 bits per heavy atom. The first-order valence-corrected chi connectivity index (χ1v) is 8.85. The Labute approximate surface area is 138 Å². The zero-order chi connectivity index (χ0) is 16.4. The van der Waals surface area contributed by atoms with E-state index in [9.17, 15) is 10.1 Å². The third kappa shape index (κ3) is 3.07. The molecule has 6 nitrogen and oxygen atoms in total. The lowest BCUT2D eigenvalue weighted by atomic mass is 9.70. The minimum absolute atomic E-state index is 0.162. The van der Waals surface area contributed by atoms with Gasteiger partial charge in [0.1, 0.15) is 0 Å². The summed E-state index contributed by atoms with van der Waals surface area (Å²) in [6.07, 6.45) is 3.79. The molecule has 126 valence electrons. The fourth-order valence-electron chi connectivity index (χ4n) is 4.00. The van der Waals surface area contributed by atoms with Crippen molar-refractivity contribution in [2.45, 2.75) is 45.1 Å². The average molecular weight is 317 g/mol. The molecular formula is C17H27N5O. The molecule has 0 aromatic carbocycles. The minimum Gasteiger partial charge on any atom is -0.340 e. The van der Waals surface area contributed by atoms with Crippen LogP contribution in [0.1, 0.15) is 39.5 Å². The number of hydrogen-bond acceptors (Lipinski definition) is 5. The summed E-state index contributed by atoms with van der Waals surface area (Å²) in [5.74, 6) is 0.559. The van der Waals surface area contributed by atoms with Crippen molar-refractivity contribution in [3.8, 4) is 6.07 Å². The van der Waals surface area contributed by atoms with Gasteiger partial charge in [-0.3, -0.25) is 10.1 Å². The summed E-state index contributed by atoms with van der Waals surface area (Å²) in [6, 6.07) is 2.22. The van der Waals surface area contributed by atoms with Crippen LogP contribution in [0.3, 0.4) is 0 Å². The first-order valence-electron chi connectivity index (χ1n) is 8.85. The molecule has 2 aliphatic heterocycles. The van der Waals surface area contributed by atoms with Crippen LogP contribution in [0, 0.1) is 23.2 Å². The van der Waals surface area contributed by atoms with Crippen molar-refractivity contribution in [1.82, 2.24) is 15.1 Å². The molecular weight excluding hydrogens is 290 g/mol. The number of nitrogens with one attached hydrogen (secondary N) is 1. The monoisotopic (exact) mass is 317 g/mol. The van der Waals surface area contributed by atoms with E-state index in [1.165, 1.54) is 0 Å². The number of likely N-dealkylation sites (N-methyl/N-ethyl adjacent to an activating group) is 1. The molecule has 1 N–H and O–H groups in total. The zero-order valence-corrected chi connectivity index (χ0v) is 14.2. The van der Waals surface area contributed by atoms with Crippen LogP contribution in [-0.4, -0.2) is 59.9 Å². The number of nitriles is 1. The average Bonchev–Trinajstić information content (AvgIpc) is 2.57. The van der Waals surface area contributed by atoms with Crippen molar-refractivity contribution in [1.29, 1.82) is 5.26 Å². The summed E-state index contributed by atoms with van der Waals surface area (Å²) < 4.78 is 0. The van der Waals surface area contributed by atoms with Crippen LogP contribution in [0.2, 0.25) is 0 Å². The quantitative estimate of drug-likeness (QED) is 0.789. The standard InChI is InChI=1S/C17H27N5O/c1-3-21-8-10-22(11-9-21)16-19-15(23)14(12-18)17(20-16)6-4-13(2)5-7-17/h13-14H,3-11H2,1-2H3,(H,19,20,23). The summed E-state index contributed by atoms with van der Waals surface area (Å²) in [6.45, 7) is 9.24. The number of hydrogen-bond donors (Lipinski definition) is 1. The molecule has 2 heterocycles. The van der Waals surface area contributed by atoms with Gasteiger partial charge in [-0.15, -0.1) is 0 Å². The Bertz CT molecular complexity index is 522. The molecule has 1 saturated heterocycles. The largest absolute Gasteiger partial charge is 0.340 e. The van der Waals surface area contributed by atoms with Crippen LogP contribution in [0.25, 0.3) is 0 Å². The minimum atomic E-state index is -0.643. The number of amides is 1. The highest BCUT2D eigenvalue weighted by atomic mass is 16.2. The van der Waals surface area contributed by atoms with Gasteiger partial charge in [-0.1, -0.05) is 13.8 Å². The van der Waals surface area contributed by atoms with Crippen LogP contribution in [0.15, 0.2) is 4.99 Å². The molecule has 1 aliphatic carbocycles. The predicted molar refractivity (Wildman–Crippen MR) is 88.7 cm³/mol. The second-order valence-corrected chi connectivity index (χ2v) is 7.19. The molecule has 2 fully saturated rings. The summed E-state index contributed by atoms with van der Waals surface area (Å²) >= 11 is 0. The van der Waals surface area contributed by atoms with Gasteiger partial charge in [-0.2, -0.15) is 5.26 Å². The molecule has 1 amide bonds. The zero-order valence-electron chi connectivity index (χ0n) is 14.2. The first kappa shape index (κ1) is 16.3. The van der Waals surface area contributed by atoms with Crippen molar-refractivity contribution in [2.24, 2.45) is 16.8 Å². The Kier molecular flexibility index (Phi) is 4.58. The highest BCUT2D eigenvalue weighted by Gasteiger charge is 2.49. The number of guanidine groups is 1. The van der Waals surface area contributed by atoms with Gasteiger partial charge in [-0.25, -0.2) is 4.99 Å². The van der Waals surface area contributed by atoms with Gasteiger partial charge in [0.05, 0.1) is 11.6 Å². The van der Waals surface area contributed by atoms with Crippen molar-refractivity contribution < 1.29 is 4.79 Å². The molecule has 0 radical (unpaired) electrons. The molecule has 0 bridgehead atoms. The number of carbonyl (C=O) groups excluding carboxylic acids is 1. The van der Waals surface area contributed by atoms with E-state index < -0.39 is 11.5 Å². The molecule has 0 aromatic heterocycles. The van der Waals surface area contributed by atoms with Crippen molar-refractivity contribution >= 4 is 11.9 Å². The molecule has 0 aromatic rings. The maximum atomic E-state index is 12.5. The summed E-state index contributed by atoms with van der Waals surface area (Å²) in [5.41, 5.74) is -0.499. The van der Waals surface area contributed by atoms with Gasteiger partial charge in [0.2, 0.25) is 11.9 Å². The molecule has 3 aliphatic rings. The van der Waals surface area contributed by atoms with Crippen LogP contribution in [0.5, 0.6) is 0 Å². The maximum absolute atomic E-state index is 12.5. The Hall–Kier alpha value is -1.61. The third-order valence-electron chi connectivity index (χ3n) is 5.75. The van der Waals surface area contributed by atoms with E-state index in [-0.39, 0.29) is 5.91 Å². The molecule has 1 spiro atoms. The van der Waals surface area contributed by atoms with E-state index in [0.717, 1.165) is 58.4 Å². The van der Waals surface area contributed by atoms with Crippen molar-refractivity contribution in [2.75, 3.05) is 32.7 Å². The fourth-order valence-corrected chi connectivity index (χ4v) is 4.00. The normalized spacial score (nSPS) is 35.6. The number of rotatable bonds is 1. The lowest BCUT2D eigenvalue weighted by Gasteiger charge is -2.44. The number of carbonyl (C=O) groups is 1. The predicted octanol–water partition coefficient (Wildman–Crippen LogP) is 1.20. The fraction of sp³-hybridized carbons (Fsp3) is 0.824. The smallest absolute Gasteiger partial charge is 0.246 e. The van der Waals surface area contributed by atoms with Crippen LogP contribution in [-0.2, 0) is 4.79 Å². The van der Waals surface area contributed by atoms with Crippen LogP contribution < -0.4 is 5.32 Å². The highest BCUT2D eigenvalue weighted by Crippen LogP contribution is 2.41. The van der Waals surface area contributed by atoms with Crippen LogP contribution in [0.4, 0.5) is 0 Å². The topological polar surface area (TPSA) is 71.7 Å². The maximum Gasteiger partial charge on any atom is 0.246 e. The molecule has 1 atom stereocenters. The number of nitrogens with zero attached hydrogens (tertiary/aromatic N) is 4. The Morgan fingerprint density at radius 1 is 1.30 bits per heavy atom. The summed E-state index contributed by atoms with van der Waals surface area (Å²) in [4.78, 5) is 22.0.